The number of nitrogens with one attached hydrogen (secondary N) is 1. The number of hydrogen-bond acceptors (Lipinski definition) is 2. The summed E-state index contributed by atoms with van der Waals surface area (Å²) in [7, 11) is 0. The first-order valence-corrected chi connectivity index (χ1v) is 4.68. The third-order valence-corrected chi connectivity index (χ3v) is 2.10. The van der Waals surface area contributed by atoms with Gasteiger partial charge in [-0.1, -0.05) is 6.07 Å². The first-order chi connectivity index (χ1) is 8.05. The van der Waals surface area contributed by atoms with E-state index in [1.54, 1.807) is 6.92 Å². The molecule has 0 aliphatic carbocycles. The van der Waals surface area contributed by atoms with Crippen molar-refractivity contribution in [3.8, 4) is 0 Å². The van der Waals surface area contributed by atoms with E-state index in [2.05, 4.69) is 0 Å². The van der Waals surface area contributed by atoms with Crippen LogP contribution in [-0.2, 0) is 4.79 Å². The lowest BCUT2D eigenvalue weighted by Gasteiger charge is -2.19. The Morgan fingerprint density at radius 3 is 2.28 bits per heavy atom. The monoisotopic (exact) mass is 268 g/mol. The molecule has 0 spiro atoms. The number of anilines is 2. The second-order valence-corrected chi connectivity index (χ2v) is 3.62. The highest BCUT2D eigenvalue weighted by Crippen LogP contribution is 2.36. The summed E-state index contributed by atoms with van der Waals surface area (Å²) in [5.41, 5.74) is 5.51. The number of hydrogen-bond donors (Lipinski definition) is 2. The number of nitrogen functional groups attached to an aromatic ring is 1. The Morgan fingerprint density at radius 1 is 1.22 bits per heavy atom. The lowest BCUT2D eigenvalue weighted by atomic mass is 10.2. The molecule has 3 nitrogen and oxygen atoms in total. The number of rotatable bonds is 2. The van der Waals surface area contributed by atoms with Crippen LogP contribution in [0.2, 0.25) is 0 Å². The Hall–Kier alpha value is -1.86. The van der Waals surface area contributed by atoms with Crippen LogP contribution in [0.3, 0.4) is 0 Å². The number of carbonyl (C=O) groups is 1. The highest BCUT2D eigenvalue weighted by atomic mass is 19.4. The van der Waals surface area contributed by atoms with Crippen LogP contribution in [-0.4, -0.2) is 18.0 Å². The van der Waals surface area contributed by atoms with Crippen molar-refractivity contribution >= 4 is 17.3 Å². The summed E-state index contributed by atoms with van der Waals surface area (Å²) in [5, 5.41) is 1.46. The molecule has 3 N–H and O–H groups in total. The molecular formula is C10H9F5N2O. The molecule has 0 fully saturated rings. The zero-order valence-corrected chi connectivity index (χ0v) is 9.11. The highest BCUT2D eigenvalue weighted by molar-refractivity contribution is 5.99. The third kappa shape index (κ3) is 2.69. The van der Waals surface area contributed by atoms with Crippen LogP contribution < -0.4 is 11.1 Å². The molecule has 0 aliphatic heterocycles. The predicted octanol–water partition coefficient (Wildman–Crippen LogP) is 2.71. The SMILES string of the molecule is Cc1ccc(N)c(NC(=O)C(F)(F)C(F)(F)F)c1. The number of halogens is 5. The number of carbonyl (C=O) groups excluding carboxylic acids is 1. The molecule has 0 atom stereocenters. The minimum Gasteiger partial charge on any atom is -0.397 e. The van der Waals surface area contributed by atoms with E-state index in [1.165, 1.54) is 23.5 Å². The van der Waals surface area contributed by atoms with Crippen molar-refractivity contribution in [1.29, 1.82) is 0 Å². The summed E-state index contributed by atoms with van der Waals surface area (Å²) in [6.45, 7) is 1.57. The minimum atomic E-state index is -5.95. The van der Waals surface area contributed by atoms with E-state index in [-0.39, 0.29) is 11.4 Å². The minimum absolute atomic E-state index is 0.105. The van der Waals surface area contributed by atoms with E-state index in [0.29, 0.717) is 5.56 Å². The summed E-state index contributed by atoms with van der Waals surface area (Å²) in [6, 6.07) is 4.00. The van der Waals surface area contributed by atoms with Crippen molar-refractivity contribution in [3.63, 3.8) is 0 Å². The van der Waals surface area contributed by atoms with Gasteiger partial charge in [-0.15, -0.1) is 0 Å². The molecule has 18 heavy (non-hydrogen) atoms. The maximum atomic E-state index is 12.7. The fraction of sp³-hybridized carbons (Fsp3) is 0.300. The average Bonchev–Trinajstić information content (AvgIpc) is 2.21. The molecule has 1 aromatic carbocycles. The molecule has 0 saturated heterocycles. The Bertz CT molecular complexity index is 470. The quantitative estimate of drug-likeness (QED) is 0.640. The van der Waals surface area contributed by atoms with E-state index in [9.17, 15) is 26.7 Å². The van der Waals surface area contributed by atoms with Crippen molar-refractivity contribution in [1.82, 2.24) is 0 Å². The van der Waals surface area contributed by atoms with E-state index in [4.69, 9.17) is 5.73 Å². The van der Waals surface area contributed by atoms with Gasteiger partial charge in [0, 0.05) is 0 Å². The number of alkyl halides is 5. The number of nitrogens with two attached hydrogens (primary N) is 1. The van der Waals surface area contributed by atoms with Crippen molar-refractivity contribution in [2.75, 3.05) is 11.1 Å². The second kappa shape index (κ2) is 4.43. The van der Waals surface area contributed by atoms with Crippen molar-refractivity contribution < 1.29 is 26.7 Å². The Balaban J connectivity index is 2.98. The number of amides is 1. The molecule has 0 aromatic heterocycles. The molecular weight excluding hydrogens is 259 g/mol. The van der Waals surface area contributed by atoms with Crippen LogP contribution in [0.15, 0.2) is 18.2 Å². The molecule has 100 valence electrons. The molecule has 1 aromatic rings. The second-order valence-electron chi connectivity index (χ2n) is 3.62. The Labute approximate surface area is 98.8 Å². The van der Waals surface area contributed by atoms with Gasteiger partial charge in [0.05, 0.1) is 11.4 Å². The molecule has 0 heterocycles. The van der Waals surface area contributed by atoms with E-state index in [0.717, 1.165) is 0 Å². The molecule has 1 rings (SSSR count). The van der Waals surface area contributed by atoms with Crippen LogP contribution in [0.5, 0.6) is 0 Å². The zero-order chi connectivity index (χ0) is 14.1. The Kier molecular flexibility index (Phi) is 3.50. The van der Waals surface area contributed by atoms with Crippen LogP contribution in [0, 0.1) is 6.92 Å². The molecule has 8 heteroatoms. The van der Waals surface area contributed by atoms with Gasteiger partial charge in [-0.25, -0.2) is 0 Å². The fourth-order valence-corrected chi connectivity index (χ4v) is 1.11. The van der Waals surface area contributed by atoms with Crippen molar-refractivity contribution in [2.45, 2.75) is 19.0 Å². The molecule has 1 amide bonds. The highest BCUT2D eigenvalue weighted by Gasteiger charge is 2.63. The molecule has 0 radical (unpaired) electrons. The van der Waals surface area contributed by atoms with Gasteiger partial charge in [0.2, 0.25) is 0 Å². The normalized spacial score (nSPS) is 12.3. The van der Waals surface area contributed by atoms with Gasteiger partial charge < -0.3 is 11.1 Å². The summed E-state index contributed by atoms with van der Waals surface area (Å²) in [5.74, 6) is -7.93. The van der Waals surface area contributed by atoms with Gasteiger partial charge in [0.25, 0.3) is 0 Å². The van der Waals surface area contributed by atoms with Gasteiger partial charge in [0.1, 0.15) is 0 Å². The summed E-state index contributed by atoms with van der Waals surface area (Å²) < 4.78 is 61.1. The van der Waals surface area contributed by atoms with Gasteiger partial charge in [0.15, 0.2) is 0 Å². The number of aryl methyl sites for hydroxylation is 1. The molecule has 0 bridgehead atoms. The first-order valence-electron chi connectivity index (χ1n) is 4.68. The predicted molar refractivity (Wildman–Crippen MR) is 55.2 cm³/mol. The van der Waals surface area contributed by atoms with Crippen molar-refractivity contribution in [2.24, 2.45) is 0 Å². The smallest absolute Gasteiger partial charge is 0.397 e. The van der Waals surface area contributed by atoms with E-state index >= 15 is 0 Å². The topological polar surface area (TPSA) is 55.1 Å². The maximum absolute atomic E-state index is 12.7. The first kappa shape index (κ1) is 14.2. The standard InChI is InChI=1S/C10H9F5N2O/c1-5-2-3-6(16)7(4-5)17-8(18)9(11,12)10(13,14)15/h2-4H,16H2,1H3,(H,17,18). The van der Waals surface area contributed by atoms with Crippen LogP contribution in [0.4, 0.5) is 33.3 Å². The van der Waals surface area contributed by atoms with E-state index in [1.807, 2.05) is 0 Å². The van der Waals surface area contributed by atoms with Crippen LogP contribution in [0.25, 0.3) is 0 Å². The van der Waals surface area contributed by atoms with Crippen LogP contribution in [0.1, 0.15) is 5.56 Å². The maximum Gasteiger partial charge on any atom is 0.463 e. The van der Waals surface area contributed by atoms with Gasteiger partial charge >= 0.3 is 18.0 Å². The largest absolute Gasteiger partial charge is 0.463 e. The van der Waals surface area contributed by atoms with Gasteiger partial charge in [-0.05, 0) is 24.6 Å². The Morgan fingerprint density at radius 2 is 1.78 bits per heavy atom. The van der Waals surface area contributed by atoms with Crippen molar-refractivity contribution in [3.05, 3.63) is 23.8 Å². The fourth-order valence-electron chi connectivity index (χ4n) is 1.11. The third-order valence-electron chi connectivity index (χ3n) is 2.10. The molecule has 0 unspecified atom stereocenters. The van der Waals surface area contributed by atoms with Gasteiger partial charge in [-0.2, -0.15) is 22.0 Å². The summed E-state index contributed by atoms with van der Waals surface area (Å²) >= 11 is 0. The molecule has 0 saturated carbocycles. The summed E-state index contributed by atoms with van der Waals surface area (Å²) in [6.07, 6.45) is -5.95. The van der Waals surface area contributed by atoms with Gasteiger partial charge in [-0.3, -0.25) is 4.79 Å². The lowest BCUT2D eigenvalue weighted by Crippen LogP contribution is -2.47. The van der Waals surface area contributed by atoms with E-state index < -0.39 is 18.0 Å². The molecule has 0 aliphatic rings. The zero-order valence-electron chi connectivity index (χ0n) is 9.11. The van der Waals surface area contributed by atoms with Crippen LogP contribution >= 0.6 is 0 Å². The summed E-state index contributed by atoms with van der Waals surface area (Å²) in [4.78, 5) is 10.9. The number of benzene rings is 1. The average molecular weight is 268 g/mol. The lowest BCUT2D eigenvalue weighted by molar-refractivity contribution is -0.267.